The Morgan fingerprint density at radius 1 is 1.26 bits per heavy atom. The van der Waals surface area contributed by atoms with E-state index in [0.29, 0.717) is 11.3 Å². The van der Waals surface area contributed by atoms with Gasteiger partial charge >= 0.3 is 0 Å². The van der Waals surface area contributed by atoms with Gasteiger partial charge in [-0.2, -0.15) is 0 Å². The van der Waals surface area contributed by atoms with Crippen molar-refractivity contribution in [3.8, 4) is 0 Å². The number of rotatable bonds is 4. The Balaban J connectivity index is 1.87. The third kappa shape index (κ3) is 3.86. The zero-order chi connectivity index (χ0) is 13.7. The summed E-state index contributed by atoms with van der Waals surface area (Å²) in [4.78, 5) is 0. The van der Waals surface area contributed by atoms with Crippen LogP contribution in [-0.2, 0) is 11.2 Å². The van der Waals surface area contributed by atoms with E-state index in [1.807, 2.05) is 6.26 Å². The summed E-state index contributed by atoms with van der Waals surface area (Å²) in [6.07, 6.45) is 6.96. The van der Waals surface area contributed by atoms with Gasteiger partial charge in [0.15, 0.2) is 0 Å². The lowest BCUT2D eigenvalue weighted by molar-refractivity contribution is 0.218. The van der Waals surface area contributed by atoms with Gasteiger partial charge in [0.05, 0.1) is 12.9 Å². The van der Waals surface area contributed by atoms with E-state index >= 15 is 0 Å². The second-order valence-electron chi connectivity index (χ2n) is 6.36. The van der Waals surface area contributed by atoms with Crippen molar-refractivity contribution in [1.82, 2.24) is 0 Å². The molecule has 0 spiro atoms. The monoisotopic (exact) mass is 258 g/mol. The summed E-state index contributed by atoms with van der Waals surface area (Å²) >= 11 is 0. The molecule has 1 aliphatic carbocycles. The minimum atomic E-state index is 0.310. The van der Waals surface area contributed by atoms with Crippen molar-refractivity contribution in [2.24, 2.45) is 11.3 Å². The van der Waals surface area contributed by atoms with E-state index in [1.54, 1.807) is 0 Å². The van der Waals surface area contributed by atoms with Crippen LogP contribution in [0.3, 0.4) is 0 Å². The fourth-order valence-corrected chi connectivity index (χ4v) is 3.06. The Hall–Kier alpha value is -1.24. The highest BCUT2D eigenvalue weighted by atomic mass is 16.5. The molecule has 0 radical (unpaired) electrons. The van der Waals surface area contributed by atoms with Gasteiger partial charge in [-0.3, -0.25) is 0 Å². The molecule has 0 bridgehead atoms. The van der Waals surface area contributed by atoms with E-state index < -0.39 is 0 Å². The Kier molecular flexibility index (Phi) is 4.68. The molecule has 1 aromatic rings. The maximum Gasteiger partial charge on any atom is 0.0913 e. The van der Waals surface area contributed by atoms with Gasteiger partial charge in [0.2, 0.25) is 0 Å². The lowest BCUT2D eigenvalue weighted by Crippen LogP contribution is -2.25. The van der Waals surface area contributed by atoms with Gasteiger partial charge < -0.3 is 4.74 Å². The summed E-state index contributed by atoms with van der Waals surface area (Å²) in [5, 5.41) is 0. The van der Waals surface area contributed by atoms with Gasteiger partial charge in [-0.05, 0) is 35.3 Å². The first-order chi connectivity index (χ1) is 9.09. The highest BCUT2D eigenvalue weighted by molar-refractivity contribution is 5.16. The first-order valence-corrected chi connectivity index (χ1v) is 7.46. The molecule has 1 heteroatoms. The molecule has 1 nitrogen and oxygen atoms in total. The molecule has 0 heterocycles. The summed E-state index contributed by atoms with van der Waals surface area (Å²) in [5.74, 6) is 0.667. The van der Waals surface area contributed by atoms with E-state index in [0.717, 1.165) is 13.0 Å². The van der Waals surface area contributed by atoms with Crippen molar-refractivity contribution in [2.45, 2.75) is 46.5 Å². The van der Waals surface area contributed by atoms with Crippen molar-refractivity contribution in [1.29, 1.82) is 0 Å². The fraction of sp³-hybridized carbons (Fsp3) is 0.556. The molecule has 1 atom stereocenters. The lowest BCUT2D eigenvalue weighted by Gasteiger charge is -2.36. The van der Waals surface area contributed by atoms with Gasteiger partial charge in [0, 0.05) is 6.42 Å². The normalized spacial score (nSPS) is 24.4. The van der Waals surface area contributed by atoms with Crippen LogP contribution in [0.4, 0.5) is 0 Å². The van der Waals surface area contributed by atoms with Gasteiger partial charge in [0.1, 0.15) is 0 Å². The quantitative estimate of drug-likeness (QED) is 0.547. The van der Waals surface area contributed by atoms with Crippen LogP contribution in [-0.4, -0.2) is 6.61 Å². The second-order valence-corrected chi connectivity index (χ2v) is 6.36. The number of ether oxygens (including phenoxy) is 1. The predicted octanol–water partition coefficient (Wildman–Crippen LogP) is 4.98. The molecule has 1 unspecified atom stereocenters. The van der Waals surface area contributed by atoms with Gasteiger partial charge in [-0.1, -0.05) is 57.5 Å². The zero-order valence-corrected chi connectivity index (χ0v) is 12.5. The van der Waals surface area contributed by atoms with E-state index in [-0.39, 0.29) is 0 Å². The summed E-state index contributed by atoms with van der Waals surface area (Å²) in [6, 6.07) is 10.5. The largest absolute Gasteiger partial charge is 0.501 e. The van der Waals surface area contributed by atoms with Crippen LogP contribution in [0, 0.1) is 11.3 Å². The summed E-state index contributed by atoms with van der Waals surface area (Å²) in [7, 11) is 0. The Labute approximate surface area is 117 Å². The maximum atomic E-state index is 5.82. The fourth-order valence-electron chi connectivity index (χ4n) is 3.06. The van der Waals surface area contributed by atoms with Crippen molar-refractivity contribution in [3.05, 3.63) is 47.7 Å². The van der Waals surface area contributed by atoms with Crippen molar-refractivity contribution >= 4 is 0 Å². The van der Waals surface area contributed by atoms with Gasteiger partial charge in [0.25, 0.3) is 0 Å². The molecule has 0 amide bonds. The molecule has 1 aliphatic rings. The maximum absolute atomic E-state index is 5.82. The predicted molar refractivity (Wildman–Crippen MR) is 81.0 cm³/mol. The van der Waals surface area contributed by atoms with Crippen LogP contribution in [0.2, 0.25) is 0 Å². The van der Waals surface area contributed by atoms with Crippen LogP contribution in [0.5, 0.6) is 0 Å². The Morgan fingerprint density at radius 3 is 2.68 bits per heavy atom. The standard InChI is InChI=1S/C18H26O/c1-15-8-7-12-18(2,3)17(15)14-19-13-11-16-9-5-4-6-10-16/h4-6,9-10,14-15H,7-8,11-13H2,1-3H3. The second kappa shape index (κ2) is 6.27. The summed E-state index contributed by atoms with van der Waals surface area (Å²) in [6.45, 7) is 7.79. The van der Waals surface area contributed by atoms with E-state index in [1.165, 1.54) is 30.4 Å². The molecule has 1 aromatic carbocycles. The number of hydrogen-bond donors (Lipinski definition) is 0. The third-order valence-corrected chi connectivity index (χ3v) is 4.31. The van der Waals surface area contributed by atoms with Crippen LogP contribution in [0.15, 0.2) is 42.2 Å². The molecule has 2 rings (SSSR count). The number of hydrogen-bond acceptors (Lipinski definition) is 1. The minimum Gasteiger partial charge on any atom is -0.501 e. The molecule has 0 saturated heterocycles. The van der Waals surface area contributed by atoms with Gasteiger partial charge in [-0.15, -0.1) is 0 Å². The molecule has 19 heavy (non-hydrogen) atoms. The minimum absolute atomic E-state index is 0.310. The van der Waals surface area contributed by atoms with Crippen LogP contribution >= 0.6 is 0 Å². The van der Waals surface area contributed by atoms with Gasteiger partial charge in [-0.25, -0.2) is 0 Å². The molecular weight excluding hydrogens is 232 g/mol. The first-order valence-electron chi connectivity index (χ1n) is 7.46. The van der Waals surface area contributed by atoms with E-state index in [4.69, 9.17) is 4.74 Å². The molecule has 1 saturated carbocycles. The molecule has 1 fully saturated rings. The summed E-state index contributed by atoms with van der Waals surface area (Å²) in [5.41, 5.74) is 3.15. The smallest absolute Gasteiger partial charge is 0.0913 e. The number of benzene rings is 1. The summed E-state index contributed by atoms with van der Waals surface area (Å²) < 4.78 is 5.82. The van der Waals surface area contributed by atoms with Crippen molar-refractivity contribution < 1.29 is 4.74 Å². The van der Waals surface area contributed by atoms with E-state index in [9.17, 15) is 0 Å². The SMILES string of the molecule is CC1CCCC(C)(C)C1=COCCc1ccccc1. The molecule has 104 valence electrons. The number of allylic oxidation sites excluding steroid dienone is 1. The van der Waals surface area contributed by atoms with E-state index in [2.05, 4.69) is 51.1 Å². The average molecular weight is 258 g/mol. The van der Waals surface area contributed by atoms with Crippen molar-refractivity contribution in [3.63, 3.8) is 0 Å². The molecule has 0 aromatic heterocycles. The third-order valence-electron chi connectivity index (χ3n) is 4.31. The Bertz CT molecular complexity index is 417. The molecular formula is C18H26O. The zero-order valence-electron chi connectivity index (χ0n) is 12.5. The average Bonchev–Trinajstić information content (AvgIpc) is 2.38. The molecule has 0 N–H and O–H groups in total. The topological polar surface area (TPSA) is 9.23 Å². The van der Waals surface area contributed by atoms with Crippen molar-refractivity contribution in [2.75, 3.05) is 6.61 Å². The molecule has 0 aliphatic heterocycles. The highest BCUT2D eigenvalue weighted by Crippen LogP contribution is 2.43. The van der Waals surface area contributed by atoms with Crippen LogP contribution in [0.25, 0.3) is 0 Å². The lowest BCUT2D eigenvalue weighted by atomic mass is 9.69. The van der Waals surface area contributed by atoms with Crippen LogP contribution < -0.4 is 0 Å². The first kappa shape index (κ1) is 14.2. The Morgan fingerprint density at radius 2 is 2.00 bits per heavy atom. The van der Waals surface area contributed by atoms with Crippen LogP contribution in [0.1, 0.15) is 45.6 Å². The highest BCUT2D eigenvalue weighted by Gasteiger charge is 2.31.